The smallest absolute Gasteiger partial charge is 0.0810 e. The lowest BCUT2D eigenvalue weighted by molar-refractivity contribution is 0.168. The normalized spacial score (nSPS) is 24.2. The fourth-order valence-electron chi connectivity index (χ4n) is 3.49. The van der Waals surface area contributed by atoms with E-state index in [1.807, 2.05) is 6.07 Å². The highest BCUT2D eigenvalue weighted by atomic mass is 16.3. The SMILES string of the molecule is OC1CCCN(CCN2CCCCC2)c2ccccc21. The van der Waals surface area contributed by atoms with Crippen molar-refractivity contribution in [3.8, 4) is 0 Å². The molecule has 0 radical (unpaired) electrons. The van der Waals surface area contributed by atoms with Gasteiger partial charge in [-0.05, 0) is 44.8 Å². The number of aliphatic hydroxyl groups is 1. The topological polar surface area (TPSA) is 26.7 Å². The molecule has 1 atom stereocenters. The summed E-state index contributed by atoms with van der Waals surface area (Å²) in [6, 6.07) is 8.38. The summed E-state index contributed by atoms with van der Waals surface area (Å²) in [4.78, 5) is 5.06. The molecule has 2 aliphatic heterocycles. The van der Waals surface area contributed by atoms with Crippen LogP contribution in [0.3, 0.4) is 0 Å². The van der Waals surface area contributed by atoms with E-state index >= 15 is 0 Å². The molecule has 1 aromatic rings. The van der Waals surface area contributed by atoms with Gasteiger partial charge in [0.15, 0.2) is 0 Å². The van der Waals surface area contributed by atoms with E-state index in [1.165, 1.54) is 38.0 Å². The first-order valence-corrected chi connectivity index (χ1v) is 8.09. The number of anilines is 1. The fourth-order valence-corrected chi connectivity index (χ4v) is 3.49. The fraction of sp³-hybridized carbons (Fsp3) is 0.647. The second kappa shape index (κ2) is 6.59. The lowest BCUT2D eigenvalue weighted by Crippen LogP contribution is -2.38. The molecular weight excluding hydrogens is 248 g/mol. The standard InChI is InChI=1S/C17H26N2O/c20-17-9-6-12-19(16-8-3-2-7-15(16)17)14-13-18-10-4-1-5-11-18/h2-3,7-8,17,20H,1,4-6,9-14H2. The summed E-state index contributed by atoms with van der Waals surface area (Å²) in [5.74, 6) is 0. The molecule has 0 spiro atoms. The Morgan fingerprint density at radius 1 is 0.950 bits per heavy atom. The number of likely N-dealkylation sites (tertiary alicyclic amines) is 1. The number of para-hydroxylation sites is 1. The lowest BCUT2D eigenvalue weighted by Gasteiger charge is -2.31. The van der Waals surface area contributed by atoms with Gasteiger partial charge in [-0.2, -0.15) is 0 Å². The van der Waals surface area contributed by atoms with E-state index < -0.39 is 0 Å². The molecular formula is C17H26N2O. The Kier molecular flexibility index (Phi) is 4.58. The third kappa shape index (κ3) is 3.15. The first-order chi connectivity index (χ1) is 9.84. The quantitative estimate of drug-likeness (QED) is 0.918. The molecule has 3 heteroatoms. The van der Waals surface area contributed by atoms with Crippen molar-refractivity contribution in [3.63, 3.8) is 0 Å². The minimum Gasteiger partial charge on any atom is -0.388 e. The summed E-state index contributed by atoms with van der Waals surface area (Å²) < 4.78 is 0. The van der Waals surface area contributed by atoms with E-state index in [1.54, 1.807) is 0 Å². The van der Waals surface area contributed by atoms with E-state index in [2.05, 4.69) is 28.0 Å². The van der Waals surface area contributed by atoms with Crippen molar-refractivity contribution in [2.75, 3.05) is 37.6 Å². The molecule has 2 aliphatic rings. The van der Waals surface area contributed by atoms with Crippen LogP contribution in [0.5, 0.6) is 0 Å². The van der Waals surface area contributed by atoms with Gasteiger partial charge in [-0.15, -0.1) is 0 Å². The Morgan fingerprint density at radius 3 is 2.60 bits per heavy atom. The molecule has 1 N–H and O–H groups in total. The number of piperidine rings is 1. The molecule has 0 amide bonds. The highest BCUT2D eigenvalue weighted by molar-refractivity contribution is 5.55. The van der Waals surface area contributed by atoms with E-state index in [-0.39, 0.29) is 6.10 Å². The zero-order valence-electron chi connectivity index (χ0n) is 12.3. The molecule has 0 bridgehead atoms. The average Bonchev–Trinajstić information content (AvgIpc) is 2.66. The van der Waals surface area contributed by atoms with Crippen LogP contribution in [0.2, 0.25) is 0 Å². The predicted octanol–water partition coefficient (Wildman–Crippen LogP) is 2.81. The lowest BCUT2D eigenvalue weighted by atomic mass is 10.0. The molecule has 0 saturated carbocycles. The van der Waals surface area contributed by atoms with Crippen LogP contribution in [0.25, 0.3) is 0 Å². The second-order valence-corrected chi connectivity index (χ2v) is 6.11. The third-order valence-electron chi connectivity index (χ3n) is 4.68. The Labute approximate surface area is 122 Å². The molecule has 20 heavy (non-hydrogen) atoms. The first kappa shape index (κ1) is 13.9. The van der Waals surface area contributed by atoms with Crippen molar-refractivity contribution < 1.29 is 5.11 Å². The van der Waals surface area contributed by atoms with Gasteiger partial charge in [0.1, 0.15) is 0 Å². The summed E-state index contributed by atoms with van der Waals surface area (Å²) in [6.07, 6.45) is 5.79. The van der Waals surface area contributed by atoms with Gasteiger partial charge in [-0.25, -0.2) is 0 Å². The summed E-state index contributed by atoms with van der Waals surface area (Å²) in [5, 5.41) is 10.2. The molecule has 0 aromatic heterocycles. The van der Waals surface area contributed by atoms with Gasteiger partial charge in [-0.3, -0.25) is 0 Å². The highest BCUT2D eigenvalue weighted by Gasteiger charge is 2.21. The van der Waals surface area contributed by atoms with Crippen LogP contribution in [-0.4, -0.2) is 42.7 Å². The first-order valence-electron chi connectivity index (χ1n) is 8.09. The number of benzene rings is 1. The number of nitrogens with zero attached hydrogens (tertiary/aromatic N) is 2. The van der Waals surface area contributed by atoms with E-state index in [0.717, 1.165) is 38.0 Å². The summed E-state index contributed by atoms with van der Waals surface area (Å²) >= 11 is 0. The van der Waals surface area contributed by atoms with Crippen molar-refractivity contribution in [1.29, 1.82) is 0 Å². The molecule has 1 aromatic carbocycles. The number of aliphatic hydroxyl groups excluding tert-OH is 1. The largest absolute Gasteiger partial charge is 0.388 e. The maximum Gasteiger partial charge on any atom is 0.0810 e. The summed E-state index contributed by atoms with van der Waals surface area (Å²) in [5.41, 5.74) is 2.36. The maximum atomic E-state index is 10.2. The second-order valence-electron chi connectivity index (χ2n) is 6.11. The van der Waals surface area contributed by atoms with Crippen LogP contribution in [0.1, 0.15) is 43.8 Å². The van der Waals surface area contributed by atoms with Crippen LogP contribution in [0, 0.1) is 0 Å². The van der Waals surface area contributed by atoms with Crippen LogP contribution in [0.4, 0.5) is 5.69 Å². The van der Waals surface area contributed by atoms with Crippen LogP contribution in [-0.2, 0) is 0 Å². The van der Waals surface area contributed by atoms with Crippen molar-refractivity contribution in [3.05, 3.63) is 29.8 Å². The molecule has 110 valence electrons. The van der Waals surface area contributed by atoms with Crippen molar-refractivity contribution in [2.24, 2.45) is 0 Å². The molecule has 3 rings (SSSR count). The van der Waals surface area contributed by atoms with Gasteiger partial charge in [0.2, 0.25) is 0 Å². The minimum absolute atomic E-state index is 0.286. The Bertz CT molecular complexity index is 429. The summed E-state index contributed by atoms with van der Waals surface area (Å²) in [7, 11) is 0. The van der Waals surface area contributed by atoms with Gasteiger partial charge in [0.05, 0.1) is 6.10 Å². The highest BCUT2D eigenvalue weighted by Crippen LogP contribution is 2.32. The van der Waals surface area contributed by atoms with Crippen LogP contribution in [0.15, 0.2) is 24.3 Å². The summed E-state index contributed by atoms with van der Waals surface area (Å²) in [6.45, 7) is 5.84. The third-order valence-corrected chi connectivity index (χ3v) is 4.68. The molecule has 2 heterocycles. The van der Waals surface area contributed by atoms with Gasteiger partial charge >= 0.3 is 0 Å². The molecule has 1 fully saturated rings. The zero-order chi connectivity index (χ0) is 13.8. The molecule has 1 unspecified atom stereocenters. The average molecular weight is 274 g/mol. The van der Waals surface area contributed by atoms with Gasteiger partial charge < -0.3 is 14.9 Å². The number of fused-ring (bicyclic) bond motifs is 1. The number of rotatable bonds is 3. The maximum absolute atomic E-state index is 10.2. The molecule has 0 aliphatic carbocycles. The Morgan fingerprint density at radius 2 is 1.75 bits per heavy atom. The van der Waals surface area contributed by atoms with Crippen LogP contribution < -0.4 is 4.90 Å². The van der Waals surface area contributed by atoms with E-state index in [0.29, 0.717) is 0 Å². The minimum atomic E-state index is -0.286. The van der Waals surface area contributed by atoms with Gasteiger partial charge in [0, 0.05) is 30.9 Å². The monoisotopic (exact) mass is 274 g/mol. The van der Waals surface area contributed by atoms with Crippen LogP contribution >= 0.6 is 0 Å². The number of hydrogen-bond donors (Lipinski definition) is 1. The Hall–Kier alpha value is -1.06. The van der Waals surface area contributed by atoms with Gasteiger partial charge in [0.25, 0.3) is 0 Å². The Balaban J connectivity index is 1.67. The van der Waals surface area contributed by atoms with E-state index in [4.69, 9.17) is 0 Å². The van der Waals surface area contributed by atoms with Crippen molar-refractivity contribution in [2.45, 2.75) is 38.2 Å². The van der Waals surface area contributed by atoms with E-state index in [9.17, 15) is 5.11 Å². The molecule has 3 nitrogen and oxygen atoms in total. The zero-order valence-corrected chi connectivity index (χ0v) is 12.3. The number of hydrogen-bond acceptors (Lipinski definition) is 3. The predicted molar refractivity (Wildman–Crippen MR) is 83.1 cm³/mol. The molecule has 1 saturated heterocycles. The van der Waals surface area contributed by atoms with Gasteiger partial charge in [-0.1, -0.05) is 24.6 Å². The van der Waals surface area contributed by atoms with Crippen molar-refractivity contribution in [1.82, 2.24) is 4.90 Å². The van der Waals surface area contributed by atoms with Crippen molar-refractivity contribution >= 4 is 5.69 Å².